The van der Waals surface area contributed by atoms with Gasteiger partial charge in [-0.25, -0.2) is 12.8 Å². The van der Waals surface area contributed by atoms with E-state index in [2.05, 4.69) is 9.88 Å². The summed E-state index contributed by atoms with van der Waals surface area (Å²) in [5, 5.41) is 4.31. The van der Waals surface area contributed by atoms with Gasteiger partial charge < -0.3 is 18.7 Å². The topological polar surface area (TPSA) is 99.9 Å². The largest absolute Gasteiger partial charge is 0.495 e. The van der Waals surface area contributed by atoms with E-state index in [1.807, 2.05) is 6.92 Å². The lowest BCUT2D eigenvalue weighted by atomic mass is 9.98. The van der Waals surface area contributed by atoms with Crippen molar-refractivity contribution >= 4 is 26.8 Å². The van der Waals surface area contributed by atoms with Crippen LogP contribution in [0.5, 0.6) is 11.5 Å². The number of anilines is 1. The first-order valence-corrected chi connectivity index (χ1v) is 10.9. The summed E-state index contributed by atoms with van der Waals surface area (Å²) in [6.07, 6.45) is 1.60. The third-order valence-electron chi connectivity index (χ3n) is 4.84. The first-order chi connectivity index (χ1) is 14.4. The second-order valence-corrected chi connectivity index (χ2v) is 8.39. The quantitative estimate of drug-likeness (QED) is 0.604. The summed E-state index contributed by atoms with van der Waals surface area (Å²) in [5.41, 5.74) is 2.22. The molecule has 0 radical (unpaired) electrons. The number of aromatic nitrogens is 1. The molecular weight excluding hydrogens is 415 g/mol. The minimum atomic E-state index is -4.21. The molecule has 1 N–H and O–H groups in total. The van der Waals surface area contributed by atoms with Crippen LogP contribution in [-0.4, -0.2) is 33.9 Å². The SMILES string of the molecule is CCOCc1cc2onc(NS(=O)(=O)c3cc(F)ccc3OC)c2c2c1CCCO2. The average molecular weight is 436 g/mol. The average Bonchev–Trinajstić information content (AvgIpc) is 3.14. The van der Waals surface area contributed by atoms with Crippen LogP contribution >= 0.6 is 0 Å². The Morgan fingerprint density at radius 1 is 1.30 bits per heavy atom. The highest BCUT2D eigenvalue weighted by Gasteiger charge is 2.28. The second kappa shape index (κ2) is 8.11. The van der Waals surface area contributed by atoms with Crippen LogP contribution in [0, 0.1) is 5.82 Å². The van der Waals surface area contributed by atoms with Crippen molar-refractivity contribution in [1.82, 2.24) is 5.16 Å². The minimum absolute atomic E-state index is 0.00831. The standard InChI is InChI=1S/C20H21FN2O6S/c1-3-27-11-12-9-16-18(19-14(12)5-4-8-28-19)20(22-29-16)23-30(24,25)17-10-13(21)6-7-15(17)26-2/h6-7,9-10H,3-5,8,11H2,1-2H3,(H,22,23). The summed E-state index contributed by atoms with van der Waals surface area (Å²) in [4.78, 5) is -0.344. The Bertz CT molecular complexity index is 1190. The van der Waals surface area contributed by atoms with E-state index in [1.54, 1.807) is 6.07 Å². The molecule has 0 amide bonds. The van der Waals surface area contributed by atoms with E-state index in [9.17, 15) is 12.8 Å². The van der Waals surface area contributed by atoms with Crippen LogP contribution in [0.1, 0.15) is 24.5 Å². The van der Waals surface area contributed by atoms with Crippen molar-refractivity contribution in [3.8, 4) is 11.5 Å². The fourth-order valence-electron chi connectivity index (χ4n) is 3.47. The number of rotatable bonds is 7. The Balaban J connectivity index is 1.80. The zero-order valence-electron chi connectivity index (χ0n) is 16.5. The van der Waals surface area contributed by atoms with Crippen LogP contribution < -0.4 is 14.2 Å². The number of benzene rings is 2. The number of methoxy groups -OCH3 is 1. The summed E-state index contributed by atoms with van der Waals surface area (Å²) in [7, 11) is -2.90. The lowest BCUT2D eigenvalue weighted by molar-refractivity contribution is 0.132. The first-order valence-electron chi connectivity index (χ1n) is 9.45. The molecule has 1 aromatic heterocycles. The van der Waals surface area contributed by atoms with Crippen molar-refractivity contribution in [1.29, 1.82) is 0 Å². The maximum atomic E-state index is 13.7. The number of ether oxygens (including phenoxy) is 3. The van der Waals surface area contributed by atoms with E-state index in [1.165, 1.54) is 13.2 Å². The van der Waals surface area contributed by atoms with Gasteiger partial charge in [-0.2, -0.15) is 0 Å². The summed E-state index contributed by atoms with van der Waals surface area (Å²) in [6.45, 7) is 3.35. The molecule has 2 heterocycles. The fourth-order valence-corrected chi connectivity index (χ4v) is 4.66. The van der Waals surface area contributed by atoms with Gasteiger partial charge in [0.25, 0.3) is 10.0 Å². The predicted octanol–water partition coefficient (Wildman–Crippen LogP) is 3.64. The van der Waals surface area contributed by atoms with E-state index in [0.29, 0.717) is 36.5 Å². The van der Waals surface area contributed by atoms with Gasteiger partial charge >= 0.3 is 0 Å². The van der Waals surface area contributed by atoms with Crippen molar-refractivity contribution in [2.24, 2.45) is 0 Å². The van der Waals surface area contributed by atoms with Gasteiger partial charge in [-0.05, 0) is 49.6 Å². The Morgan fingerprint density at radius 2 is 2.13 bits per heavy atom. The van der Waals surface area contributed by atoms with E-state index in [4.69, 9.17) is 18.7 Å². The van der Waals surface area contributed by atoms with E-state index in [0.717, 1.165) is 36.1 Å². The molecule has 0 bridgehead atoms. The number of hydrogen-bond donors (Lipinski definition) is 1. The van der Waals surface area contributed by atoms with Crippen LogP contribution in [0.2, 0.25) is 0 Å². The van der Waals surface area contributed by atoms with Gasteiger partial charge in [0, 0.05) is 12.2 Å². The van der Waals surface area contributed by atoms with Crippen LogP contribution in [0.15, 0.2) is 33.7 Å². The molecule has 0 saturated carbocycles. The van der Waals surface area contributed by atoms with E-state index >= 15 is 0 Å². The van der Waals surface area contributed by atoms with E-state index < -0.39 is 15.8 Å². The predicted molar refractivity (Wildman–Crippen MR) is 107 cm³/mol. The summed E-state index contributed by atoms with van der Waals surface area (Å²) < 4.78 is 63.8. The van der Waals surface area contributed by atoms with Gasteiger partial charge in [-0.3, -0.25) is 4.72 Å². The number of fused-ring (bicyclic) bond motifs is 3. The number of hydrogen-bond acceptors (Lipinski definition) is 7. The molecule has 3 aromatic rings. The summed E-state index contributed by atoms with van der Waals surface area (Å²) >= 11 is 0. The lowest BCUT2D eigenvalue weighted by Gasteiger charge is -2.21. The van der Waals surface area contributed by atoms with Crippen LogP contribution in [-0.2, 0) is 27.8 Å². The third-order valence-corrected chi connectivity index (χ3v) is 6.20. The van der Waals surface area contributed by atoms with Crippen LogP contribution in [0.3, 0.4) is 0 Å². The Hall–Kier alpha value is -2.85. The van der Waals surface area contributed by atoms with Crippen molar-refractivity contribution in [2.45, 2.75) is 31.3 Å². The molecule has 2 aromatic carbocycles. The summed E-state index contributed by atoms with van der Waals surface area (Å²) in [5.74, 6) is -0.201. The molecule has 1 aliphatic heterocycles. The molecule has 0 aliphatic carbocycles. The van der Waals surface area contributed by atoms with Gasteiger partial charge in [0.15, 0.2) is 11.4 Å². The molecule has 0 saturated heterocycles. The normalized spacial score (nSPS) is 13.7. The lowest BCUT2D eigenvalue weighted by Crippen LogP contribution is -2.16. The third kappa shape index (κ3) is 3.68. The molecule has 30 heavy (non-hydrogen) atoms. The highest BCUT2D eigenvalue weighted by Crippen LogP contribution is 2.41. The number of nitrogens with zero attached hydrogens (tertiary/aromatic N) is 1. The number of sulfonamides is 1. The molecule has 0 atom stereocenters. The Labute approximate surface area is 173 Å². The Morgan fingerprint density at radius 3 is 2.90 bits per heavy atom. The van der Waals surface area contributed by atoms with Crippen LogP contribution in [0.25, 0.3) is 11.0 Å². The maximum Gasteiger partial charge on any atom is 0.266 e. The van der Waals surface area contributed by atoms with Crippen molar-refractivity contribution < 1.29 is 31.5 Å². The van der Waals surface area contributed by atoms with E-state index in [-0.39, 0.29) is 16.5 Å². The highest BCUT2D eigenvalue weighted by molar-refractivity contribution is 7.92. The van der Waals surface area contributed by atoms with Gasteiger partial charge in [0.1, 0.15) is 27.6 Å². The monoisotopic (exact) mass is 436 g/mol. The van der Waals surface area contributed by atoms with Gasteiger partial charge in [-0.1, -0.05) is 5.16 Å². The number of nitrogens with one attached hydrogen (secondary N) is 1. The van der Waals surface area contributed by atoms with Gasteiger partial charge in [-0.15, -0.1) is 0 Å². The number of halogens is 1. The molecule has 0 spiro atoms. The molecule has 160 valence electrons. The molecule has 0 unspecified atom stereocenters. The molecule has 1 aliphatic rings. The smallest absolute Gasteiger partial charge is 0.266 e. The van der Waals surface area contributed by atoms with Crippen LogP contribution in [0.4, 0.5) is 10.2 Å². The maximum absolute atomic E-state index is 13.7. The minimum Gasteiger partial charge on any atom is -0.495 e. The molecular formula is C20H21FN2O6S. The highest BCUT2D eigenvalue weighted by atomic mass is 32.2. The van der Waals surface area contributed by atoms with Crippen molar-refractivity contribution in [3.63, 3.8) is 0 Å². The zero-order valence-corrected chi connectivity index (χ0v) is 17.3. The fraction of sp³-hybridized carbons (Fsp3) is 0.350. The second-order valence-electron chi connectivity index (χ2n) is 6.74. The first kappa shape index (κ1) is 20.4. The molecule has 4 rings (SSSR count). The van der Waals surface area contributed by atoms with Crippen molar-refractivity contribution in [2.75, 3.05) is 25.0 Å². The van der Waals surface area contributed by atoms with Gasteiger partial charge in [0.2, 0.25) is 0 Å². The van der Waals surface area contributed by atoms with Gasteiger partial charge in [0.05, 0.1) is 20.3 Å². The zero-order chi connectivity index (χ0) is 21.3. The molecule has 10 heteroatoms. The van der Waals surface area contributed by atoms with Crippen molar-refractivity contribution in [3.05, 3.63) is 41.2 Å². The summed E-state index contributed by atoms with van der Waals surface area (Å²) in [6, 6.07) is 5.03. The molecule has 8 nitrogen and oxygen atoms in total. The Kier molecular flexibility index (Phi) is 5.52. The molecule has 0 fully saturated rings.